The molecule has 0 saturated carbocycles. The summed E-state index contributed by atoms with van der Waals surface area (Å²) in [6.45, 7) is 0. The number of methoxy groups -OCH3 is 1. The predicted molar refractivity (Wildman–Crippen MR) is 133 cm³/mol. The molecule has 0 aliphatic carbocycles. The van der Waals surface area contributed by atoms with Crippen LogP contribution in [0.1, 0.15) is 20.7 Å². The fraction of sp³-hybridized carbons (Fsp3) is 0.0400. The second-order valence-electron chi connectivity index (χ2n) is 7.31. The Morgan fingerprint density at radius 2 is 1.57 bits per heavy atom. The van der Waals surface area contributed by atoms with Crippen LogP contribution in [0.15, 0.2) is 83.5 Å². The molecule has 0 aromatic heterocycles. The zero-order valence-electron chi connectivity index (χ0n) is 18.2. The lowest BCUT2D eigenvalue weighted by atomic mass is 10.1. The minimum Gasteiger partial charge on any atom is -0.465 e. The van der Waals surface area contributed by atoms with Gasteiger partial charge in [0.25, 0.3) is 17.7 Å². The zero-order chi connectivity index (χ0) is 25.1. The highest BCUT2D eigenvalue weighted by Crippen LogP contribution is 2.30. The molecule has 0 unspecified atom stereocenters. The molecule has 3 amide bonds. The summed E-state index contributed by atoms with van der Waals surface area (Å²) in [5.74, 6) is -2.37. The van der Waals surface area contributed by atoms with Gasteiger partial charge >= 0.3 is 5.97 Å². The van der Waals surface area contributed by atoms with E-state index in [9.17, 15) is 19.2 Å². The highest BCUT2D eigenvalue weighted by Gasteiger charge is 2.39. The number of nitrogens with one attached hydrogen (secondary N) is 2. The number of esters is 1. The molecule has 0 spiro atoms. The van der Waals surface area contributed by atoms with Crippen molar-refractivity contribution in [1.29, 1.82) is 0 Å². The van der Waals surface area contributed by atoms with Crippen molar-refractivity contribution in [1.82, 2.24) is 0 Å². The minimum atomic E-state index is -0.724. The van der Waals surface area contributed by atoms with Crippen molar-refractivity contribution in [2.24, 2.45) is 0 Å². The Kier molecular flexibility index (Phi) is 6.86. The predicted octanol–water partition coefficient (Wildman–Crippen LogP) is 4.81. The molecule has 1 aliphatic heterocycles. The Balaban J connectivity index is 1.53. The van der Waals surface area contributed by atoms with Crippen LogP contribution in [0.4, 0.5) is 17.1 Å². The maximum atomic E-state index is 13.0. The van der Waals surface area contributed by atoms with Crippen LogP contribution in [0.3, 0.4) is 0 Å². The molecule has 0 bridgehead atoms. The molecule has 0 fully saturated rings. The molecule has 2 N–H and O–H groups in total. The Morgan fingerprint density at radius 3 is 2.26 bits per heavy atom. The maximum Gasteiger partial charge on any atom is 0.337 e. The number of carbonyl (C=O) groups is 4. The van der Waals surface area contributed by atoms with Gasteiger partial charge in [0.2, 0.25) is 0 Å². The van der Waals surface area contributed by atoms with Gasteiger partial charge in [0.15, 0.2) is 0 Å². The van der Waals surface area contributed by atoms with Crippen LogP contribution in [0.2, 0.25) is 5.02 Å². The first kappa shape index (κ1) is 24.0. The maximum absolute atomic E-state index is 13.0. The van der Waals surface area contributed by atoms with Crippen molar-refractivity contribution < 1.29 is 23.9 Å². The Bertz CT molecular complexity index is 1390. The van der Waals surface area contributed by atoms with Crippen LogP contribution < -0.4 is 15.5 Å². The number of anilines is 3. The van der Waals surface area contributed by atoms with E-state index in [1.807, 2.05) is 0 Å². The number of hydrogen-bond donors (Lipinski definition) is 2. The first-order valence-corrected chi connectivity index (χ1v) is 11.0. The molecule has 8 nitrogen and oxygen atoms in total. The third-order valence-electron chi connectivity index (χ3n) is 5.09. The van der Waals surface area contributed by atoms with Crippen LogP contribution in [0.25, 0.3) is 0 Å². The molecule has 176 valence electrons. The Hall–Kier alpha value is -4.14. The minimum absolute atomic E-state index is 0.141. The largest absolute Gasteiger partial charge is 0.465 e. The highest BCUT2D eigenvalue weighted by atomic mass is 35.5. The molecule has 3 aromatic rings. The zero-order valence-corrected chi connectivity index (χ0v) is 19.7. The molecule has 3 aromatic carbocycles. The number of carbonyl (C=O) groups excluding carboxylic acids is 4. The van der Waals surface area contributed by atoms with Gasteiger partial charge in [0.05, 0.1) is 29.1 Å². The summed E-state index contributed by atoms with van der Waals surface area (Å²) >= 11 is 12.3. The van der Waals surface area contributed by atoms with Crippen LogP contribution in [0.5, 0.6) is 0 Å². The lowest BCUT2D eigenvalue weighted by molar-refractivity contribution is -0.120. The number of imide groups is 1. The van der Waals surface area contributed by atoms with Crippen molar-refractivity contribution in [2.75, 3.05) is 22.6 Å². The van der Waals surface area contributed by atoms with Gasteiger partial charge in [-0.3, -0.25) is 14.4 Å². The summed E-state index contributed by atoms with van der Waals surface area (Å²) in [7, 11) is 1.25. The second-order valence-corrected chi connectivity index (χ2v) is 8.10. The number of rotatable bonds is 6. The molecular formula is C25H17Cl2N3O5. The van der Waals surface area contributed by atoms with Crippen LogP contribution in [-0.2, 0) is 14.3 Å². The molecule has 10 heteroatoms. The molecule has 0 radical (unpaired) electrons. The summed E-state index contributed by atoms with van der Waals surface area (Å²) in [6.07, 6.45) is 0. The Morgan fingerprint density at radius 1 is 0.857 bits per heavy atom. The van der Waals surface area contributed by atoms with Gasteiger partial charge in [-0.25, -0.2) is 9.69 Å². The molecule has 0 atom stereocenters. The van der Waals surface area contributed by atoms with E-state index in [4.69, 9.17) is 23.2 Å². The first-order valence-electron chi connectivity index (χ1n) is 10.2. The molecule has 4 rings (SSSR count). The third-order valence-corrected chi connectivity index (χ3v) is 5.77. The van der Waals surface area contributed by atoms with E-state index >= 15 is 0 Å². The van der Waals surface area contributed by atoms with Crippen molar-refractivity contribution in [3.63, 3.8) is 0 Å². The van der Waals surface area contributed by atoms with Crippen LogP contribution >= 0.6 is 23.2 Å². The molecule has 35 heavy (non-hydrogen) atoms. The highest BCUT2D eigenvalue weighted by molar-refractivity contribution is 6.53. The number of halogens is 2. The molecular weight excluding hydrogens is 493 g/mol. The fourth-order valence-corrected chi connectivity index (χ4v) is 3.75. The standard InChI is InChI=1S/C25H17Cl2N3O5/c1-35-25(34)14-9-11-17(12-10-14)30-23(32)20(27)21(24(30)33)28-16-6-4-5-15(13-16)22(31)29-19-8-3-2-7-18(19)26/h2-13,28H,1H3,(H,29,31). The smallest absolute Gasteiger partial charge is 0.337 e. The van der Waals surface area contributed by atoms with E-state index in [0.717, 1.165) is 4.90 Å². The summed E-state index contributed by atoms with van der Waals surface area (Å²) in [5.41, 5.74) is 1.47. The fourth-order valence-electron chi connectivity index (χ4n) is 3.35. The summed E-state index contributed by atoms with van der Waals surface area (Å²) in [5, 5.41) is 5.64. The first-order chi connectivity index (χ1) is 16.8. The van der Waals surface area contributed by atoms with E-state index in [2.05, 4.69) is 15.4 Å². The number of para-hydroxylation sites is 1. The van der Waals surface area contributed by atoms with E-state index in [1.165, 1.54) is 37.4 Å². The van der Waals surface area contributed by atoms with E-state index in [0.29, 0.717) is 22.0 Å². The average molecular weight is 510 g/mol. The van der Waals surface area contributed by atoms with Gasteiger partial charge < -0.3 is 15.4 Å². The van der Waals surface area contributed by atoms with Gasteiger partial charge in [-0.05, 0) is 54.6 Å². The average Bonchev–Trinajstić information content (AvgIpc) is 3.08. The number of ether oxygens (including phenoxy) is 1. The van der Waals surface area contributed by atoms with Gasteiger partial charge in [-0.15, -0.1) is 0 Å². The van der Waals surface area contributed by atoms with E-state index in [1.54, 1.807) is 42.5 Å². The number of benzene rings is 3. The van der Waals surface area contributed by atoms with E-state index in [-0.39, 0.29) is 22.0 Å². The van der Waals surface area contributed by atoms with Crippen LogP contribution in [-0.4, -0.2) is 30.8 Å². The summed E-state index contributed by atoms with van der Waals surface area (Å²) < 4.78 is 4.65. The normalized spacial score (nSPS) is 13.2. The van der Waals surface area contributed by atoms with E-state index < -0.39 is 23.7 Å². The van der Waals surface area contributed by atoms with Crippen molar-refractivity contribution in [2.45, 2.75) is 0 Å². The molecule has 1 heterocycles. The SMILES string of the molecule is COC(=O)c1ccc(N2C(=O)C(Cl)=C(Nc3cccc(C(=O)Nc4ccccc4Cl)c3)C2=O)cc1. The van der Waals surface area contributed by atoms with Gasteiger partial charge in [0.1, 0.15) is 10.7 Å². The van der Waals surface area contributed by atoms with Crippen molar-refractivity contribution in [3.05, 3.63) is 99.7 Å². The Labute approximate surface area is 210 Å². The van der Waals surface area contributed by atoms with Crippen molar-refractivity contribution in [3.8, 4) is 0 Å². The number of nitrogens with zero attached hydrogens (tertiary/aromatic N) is 1. The number of amides is 3. The lowest BCUT2D eigenvalue weighted by Gasteiger charge is -2.15. The lowest BCUT2D eigenvalue weighted by Crippen LogP contribution is -2.32. The van der Waals surface area contributed by atoms with Gasteiger partial charge in [-0.2, -0.15) is 0 Å². The monoisotopic (exact) mass is 509 g/mol. The summed E-state index contributed by atoms with van der Waals surface area (Å²) in [4.78, 5) is 50.9. The third kappa shape index (κ3) is 4.89. The van der Waals surface area contributed by atoms with Gasteiger partial charge in [0, 0.05) is 11.3 Å². The molecule has 1 aliphatic rings. The van der Waals surface area contributed by atoms with Gasteiger partial charge in [-0.1, -0.05) is 41.4 Å². The molecule has 0 saturated heterocycles. The van der Waals surface area contributed by atoms with Crippen molar-refractivity contribution >= 4 is 64.0 Å². The number of hydrogen-bond acceptors (Lipinski definition) is 6. The summed E-state index contributed by atoms with van der Waals surface area (Å²) in [6, 6.07) is 18.9. The quantitative estimate of drug-likeness (QED) is 0.364. The second kappa shape index (κ2) is 10.0. The topological polar surface area (TPSA) is 105 Å². The van der Waals surface area contributed by atoms with Crippen LogP contribution in [0, 0.1) is 0 Å².